The molecule has 0 atom stereocenters. The first kappa shape index (κ1) is 18.1. The molecular weight excluding hydrogens is 342 g/mol. The average Bonchev–Trinajstić information content (AvgIpc) is 2.70. The third-order valence-corrected chi connectivity index (χ3v) is 3.99. The zero-order valence-electron chi connectivity index (χ0n) is 14.8. The van der Waals surface area contributed by atoms with E-state index in [4.69, 9.17) is 10.00 Å². The fourth-order valence-corrected chi connectivity index (χ4v) is 2.76. The van der Waals surface area contributed by atoms with Crippen molar-refractivity contribution in [3.8, 4) is 6.07 Å². The van der Waals surface area contributed by atoms with Crippen molar-refractivity contribution in [3.63, 3.8) is 0 Å². The van der Waals surface area contributed by atoms with Crippen LogP contribution in [0, 0.1) is 18.3 Å². The minimum atomic E-state index is -0.602. The monoisotopic (exact) mass is 359 g/mol. The lowest BCUT2D eigenvalue weighted by Gasteiger charge is -2.19. The van der Waals surface area contributed by atoms with Crippen molar-refractivity contribution in [2.24, 2.45) is 0 Å². The van der Waals surface area contributed by atoms with Gasteiger partial charge in [0, 0.05) is 16.8 Å². The molecule has 6 nitrogen and oxygen atoms in total. The molecule has 0 aliphatic rings. The third-order valence-electron chi connectivity index (χ3n) is 3.99. The molecule has 2 aromatic carbocycles. The highest BCUT2D eigenvalue weighted by Gasteiger charge is 2.19. The number of hydrogen-bond acceptors (Lipinski definition) is 5. The van der Waals surface area contributed by atoms with Gasteiger partial charge in [-0.2, -0.15) is 5.26 Å². The van der Waals surface area contributed by atoms with E-state index in [1.54, 1.807) is 43.3 Å². The Kier molecular flexibility index (Phi) is 5.43. The molecule has 1 aromatic heterocycles. The van der Waals surface area contributed by atoms with Gasteiger partial charge in [-0.15, -0.1) is 0 Å². The Hall–Kier alpha value is -3.72. The highest BCUT2D eigenvalue weighted by atomic mass is 16.5. The maximum Gasteiger partial charge on any atom is 0.339 e. The van der Waals surface area contributed by atoms with Gasteiger partial charge >= 0.3 is 5.97 Å². The Morgan fingerprint density at radius 2 is 1.81 bits per heavy atom. The van der Waals surface area contributed by atoms with Crippen LogP contribution >= 0.6 is 0 Å². The molecule has 0 saturated carbocycles. The van der Waals surface area contributed by atoms with Crippen LogP contribution in [0.2, 0.25) is 0 Å². The fraction of sp³-hybridized carbons (Fsp3) is 0.143. The van der Waals surface area contributed by atoms with E-state index >= 15 is 0 Å². The smallest absolute Gasteiger partial charge is 0.339 e. The molecule has 3 rings (SSSR count). The molecule has 0 aliphatic carbocycles. The summed E-state index contributed by atoms with van der Waals surface area (Å²) < 4.78 is 5.23. The van der Waals surface area contributed by atoms with Gasteiger partial charge in [-0.05, 0) is 31.2 Å². The largest absolute Gasteiger partial charge is 0.452 e. The lowest BCUT2D eigenvalue weighted by Crippen LogP contribution is -2.35. The summed E-state index contributed by atoms with van der Waals surface area (Å²) in [6, 6.07) is 19.6. The van der Waals surface area contributed by atoms with E-state index < -0.39 is 18.5 Å². The molecule has 1 amide bonds. The maximum atomic E-state index is 12.5. The van der Waals surface area contributed by atoms with Crippen molar-refractivity contribution in [1.29, 1.82) is 5.26 Å². The number of nitrogens with zero attached hydrogens (tertiary/aromatic N) is 3. The number of rotatable bonds is 5. The quantitative estimate of drug-likeness (QED) is 0.516. The average molecular weight is 359 g/mol. The number of aromatic nitrogens is 1. The van der Waals surface area contributed by atoms with Crippen molar-refractivity contribution >= 4 is 28.5 Å². The van der Waals surface area contributed by atoms with Crippen LogP contribution in [0.3, 0.4) is 0 Å². The van der Waals surface area contributed by atoms with Gasteiger partial charge in [-0.3, -0.25) is 14.7 Å². The predicted octanol–water partition coefficient (Wildman–Crippen LogP) is 3.26. The van der Waals surface area contributed by atoms with Crippen LogP contribution in [-0.2, 0) is 9.53 Å². The Morgan fingerprint density at radius 1 is 1.11 bits per heavy atom. The lowest BCUT2D eigenvalue weighted by molar-refractivity contribution is -0.121. The summed E-state index contributed by atoms with van der Waals surface area (Å²) >= 11 is 0. The number of nitriles is 1. The number of ether oxygens (including phenoxy) is 1. The van der Waals surface area contributed by atoms with Crippen molar-refractivity contribution in [2.75, 3.05) is 18.1 Å². The summed E-state index contributed by atoms with van der Waals surface area (Å²) in [5.74, 6) is -1.07. The number of carbonyl (C=O) groups is 2. The summed E-state index contributed by atoms with van der Waals surface area (Å²) in [5, 5.41) is 9.66. The molecule has 134 valence electrons. The predicted molar refractivity (Wildman–Crippen MR) is 101 cm³/mol. The van der Waals surface area contributed by atoms with Crippen LogP contribution < -0.4 is 4.90 Å². The fourth-order valence-electron chi connectivity index (χ4n) is 2.76. The van der Waals surface area contributed by atoms with E-state index in [1.165, 1.54) is 4.90 Å². The molecule has 0 spiro atoms. The zero-order valence-corrected chi connectivity index (χ0v) is 14.8. The summed E-state index contributed by atoms with van der Waals surface area (Å²) in [6.45, 7) is 1.21. The van der Waals surface area contributed by atoms with E-state index in [0.717, 1.165) is 0 Å². The van der Waals surface area contributed by atoms with Crippen LogP contribution in [0.4, 0.5) is 5.69 Å². The normalized spacial score (nSPS) is 10.2. The van der Waals surface area contributed by atoms with Gasteiger partial charge in [-0.25, -0.2) is 4.79 Å². The number of pyridine rings is 1. The molecule has 0 bridgehead atoms. The van der Waals surface area contributed by atoms with Crippen LogP contribution in [-0.4, -0.2) is 30.0 Å². The van der Waals surface area contributed by atoms with E-state index in [-0.39, 0.29) is 6.54 Å². The minimum absolute atomic E-state index is 0.127. The van der Waals surface area contributed by atoms with Gasteiger partial charge in [0.05, 0.1) is 17.1 Å². The number of amides is 1. The molecule has 3 aromatic rings. The third kappa shape index (κ3) is 4.10. The van der Waals surface area contributed by atoms with Crippen LogP contribution in [0.25, 0.3) is 10.9 Å². The first-order valence-corrected chi connectivity index (χ1v) is 8.36. The van der Waals surface area contributed by atoms with Gasteiger partial charge in [0.25, 0.3) is 5.91 Å². The van der Waals surface area contributed by atoms with E-state index in [9.17, 15) is 9.59 Å². The van der Waals surface area contributed by atoms with Crippen molar-refractivity contribution in [1.82, 2.24) is 4.98 Å². The van der Waals surface area contributed by atoms with E-state index in [0.29, 0.717) is 27.8 Å². The van der Waals surface area contributed by atoms with Crippen molar-refractivity contribution in [2.45, 2.75) is 6.92 Å². The standard InChI is InChI=1S/C21H17N3O3/c1-15-13-18(17-9-5-6-10-19(17)23-15)21(26)27-14-20(25)24(12-11-22)16-7-3-2-4-8-16/h2-10,13H,12,14H2,1H3. The highest BCUT2D eigenvalue weighted by molar-refractivity contribution is 6.04. The highest BCUT2D eigenvalue weighted by Crippen LogP contribution is 2.19. The second-order valence-corrected chi connectivity index (χ2v) is 5.88. The molecule has 0 radical (unpaired) electrons. The van der Waals surface area contributed by atoms with Crippen LogP contribution in [0.1, 0.15) is 16.1 Å². The summed E-state index contributed by atoms with van der Waals surface area (Å²) in [4.78, 5) is 30.7. The van der Waals surface area contributed by atoms with Crippen LogP contribution in [0.5, 0.6) is 0 Å². The number of fused-ring (bicyclic) bond motifs is 1. The molecular formula is C21H17N3O3. The Morgan fingerprint density at radius 3 is 2.56 bits per heavy atom. The van der Waals surface area contributed by atoms with E-state index in [2.05, 4.69) is 4.98 Å². The van der Waals surface area contributed by atoms with Crippen molar-refractivity contribution < 1.29 is 14.3 Å². The Bertz CT molecular complexity index is 1030. The van der Waals surface area contributed by atoms with E-state index in [1.807, 2.05) is 30.3 Å². The first-order chi connectivity index (χ1) is 13.1. The second kappa shape index (κ2) is 8.11. The zero-order chi connectivity index (χ0) is 19.2. The number of anilines is 1. The number of aryl methyl sites for hydroxylation is 1. The number of para-hydroxylation sites is 2. The molecule has 6 heteroatoms. The Labute approximate surface area is 156 Å². The first-order valence-electron chi connectivity index (χ1n) is 8.36. The lowest BCUT2D eigenvalue weighted by atomic mass is 10.1. The second-order valence-electron chi connectivity index (χ2n) is 5.88. The van der Waals surface area contributed by atoms with Gasteiger partial charge in [0.2, 0.25) is 0 Å². The molecule has 0 aliphatic heterocycles. The van der Waals surface area contributed by atoms with Gasteiger partial charge in [-0.1, -0.05) is 36.4 Å². The van der Waals surface area contributed by atoms with Crippen LogP contribution in [0.15, 0.2) is 60.7 Å². The topological polar surface area (TPSA) is 83.3 Å². The number of hydrogen-bond donors (Lipinski definition) is 0. The minimum Gasteiger partial charge on any atom is -0.452 e. The molecule has 0 fully saturated rings. The molecule has 27 heavy (non-hydrogen) atoms. The molecule has 1 heterocycles. The summed E-state index contributed by atoms with van der Waals surface area (Å²) in [7, 11) is 0. The number of carbonyl (C=O) groups excluding carboxylic acids is 2. The molecule has 0 unspecified atom stereocenters. The maximum absolute atomic E-state index is 12.5. The van der Waals surface area contributed by atoms with Gasteiger partial charge in [0.15, 0.2) is 6.61 Å². The van der Waals surface area contributed by atoms with Gasteiger partial charge < -0.3 is 4.74 Å². The summed E-state index contributed by atoms with van der Waals surface area (Å²) in [5.41, 5.74) is 2.30. The number of esters is 1. The molecule has 0 saturated heterocycles. The van der Waals surface area contributed by atoms with Crippen molar-refractivity contribution in [3.05, 3.63) is 71.9 Å². The summed E-state index contributed by atoms with van der Waals surface area (Å²) in [6.07, 6.45) is 0. The number of benzene rings is 2. The molecule has 0 N–H and O–H groups in total. The Balaban J connectivity index is 1.77. The SMILES string of the molecule is Cc1cc(C(=O)OCC(=O)N(CC#N)c2ccccc2)c2ccccc2n1. The van der Waals surface area contributed by atoms with Gasteiger partial charge in [0.1, 0.15) is 6.54 Å².